The van der Waals surface area contributed by atoms with Crippen molar-refractivity contribution in [3.8, 4) is 5.75 Å². The highest BCUT2D eigenvalue weighted by Gasteiger charge is 2.33. The monoisotopic (exact) mass is 263 g/mol. The van der Waals surface area contributed by atoms with Crippen molar-refractivity contribution in [2.45, 2.75) is 26.2 Å². The number of ether oxygens (including phenoxy) is 2. The second-order valence-corrected chi connectivity index (χ2v) is 5.68. The molecule has 1 N–H and O–H groups in total. The van der Waals surface area contributed by atoms with Crippen LogP contribution < -0.4 is 10.1 Å². The maximum absolute atomic E-state index is 5.73. The van der Waals surface area contributed by atoms with Gasteiger partial charge in [0.2, 0.25) is 0 Å². The zero-order valence-corrected chi connectivity index (χ0v) is 12.3. The van der Waals surface area contributed by atoms with Gasteiger partial charge in [0, 0.05) is 18.6 Å². The minimum absolute atomic E-state index is 0.202. The summed E-state index contributed by atoms with van der Waals surface area (Å²) in [5.74, 6) is 0.992. The van der Waals surface area contributed by atoms with Gasteiger partial charge in [-0.15, -0.1) is 0 Å². The Labute approximate surface area is 116 Å². The number of methoxy groups -OCH3 is 1. The summed E-state index contributed by atoms with van der Waals surface area (Å²) >= 11 is 0. The standard InChI is InChI=1S/C16H25NO2/c1-13-5-6-15(18-3)14(9-13)10-16(11-17-2)7-4-8-19-12-16/h5-6,9,17H,4,7-8,10-12H2,1-3H3. The molecular weight excluding hydrogens is 238 g/mol. The Morgan fingerprint density at radius 2 is 2.26 bits per heavy atom. The fourth-order valence-electron chi connectivity index (χ4n) is 3.08. The molecule has 3 nitrogen and oxygen atoms in total. The summed E-state index contributed by atoms with van der Waals surface area (Å²) < 4.78 is 11.2. The molecule has 1 aliphatic heterocycles. The summed E-state index contributed by atoms with van der Waals surface area (Å²) in [5, 5.41) is 3.33. The Hall–Kier alpha value is -1.06. The van der Waals surface area contributed by atoms with Gasteiger partial charge >= 0.3 is 0 Å². The minimum Gasteiger partial charge on any atom is -0.496 e. The molecule has 0 spiro atoms. The molecule has 106 valence electrons. The lowest BCUT2D eigenvalue weighted by Crippen LogP contribution is -2.41. The maximum atomic E-state index is 5.73. The van der Waals surface area contributed by atoms with Crippen LogP contribution in [0, 0.1) is 12.3 Å². The Kier molecular flexibility index (Phi) is 4.83. The molecule has 0 aliphatic carbocycles. The fraction of sp³-hybridized carbons (Fsp3) is 0.625. The molecule has 1 atom stereocenters. The maximum Gasteiger partial charge on any atom is 0.122 e. The molecule has 3 heteroatoms. The van der Waals surface area contributed by atoms with E-state index in [1.165, 1.54) is 17.5 Å². The predicted molar refractivity (Wildman–Crippen MR) is 77.8 cm³/mol. The van der Waals surface area contributed by atoms with E-state index < -0.39 is 0 Å². The number of nitrogens with one attached hydrogen (secondary N) is 1. The van der Waals surface area contributed by atoms with E-state index in [2.05, 4.69) is 30.4 Å². The molecule has 1 aromatic rings. The van der Waals surface area contributed by atoms with Crippen LogP contribution >= 0.6 is 0 Å². The van der Waals surface area contributed by atoms with Crippen LogP contribution in [0.15, 0.2) is 18.2 Å². The van der Waals surface area contributed by atoms with E-state index >= 15 is 0 Å². The third-order valence-electron chi connectivity index (χ3n) is 3.96. The SMILES string of the molecule is CNCC1(Cc2cc(C)ccc2OC)CCCOC1. The van der Waals surface area contributed by atoms with Crippen LogP contribution in [0.25, 0.3) is 0 Å². The molecule has 1 heterocycles. The summed E-state index contributed by atoms with van der Waals surface area (Å²) in [5.41, 5.74) is 2.78. The first kappa shape index (κ1) is 14.4. The third kappa shape index (κ3) is 3.48. The Balaban J connectivity index is 2.23. The lowest BCUT2D eigenvalue weighted by Gasteiger charge is -2.37. The average Bonchev–Trinajstić information content (AvgIpc) is 2.40. The highest BCUT2D eigenvalue weighted by molar-refractivity contribution is 5.37. The topological polar surface area (TPSA) is 30.5 Å². The second kappa shape index (κ2) is 6.40. The van der Waals surface area contributed by atoms with Gasteiger partial charge in [-0.2, -0.15) is 0 Å². The van der Waals surface area contributed by atoms with Crippen molar-refractivity contribution >= 4 is 0 Å². The molecule has 1 fully saturated rings. The van der Waals surface area contributed by atoms with E-state index in [0.717, 1.165) is 38.3 Å². The number of hydrogen-bond acceptors (Lipinski definition) is 3. The van der Waals surface area contributed by atoms with Crippen molar-refractivity contribution in [2.75, 3.05) is 33.9 Å². The van der Waals surface area contributed by atoms with Crippen molar-refractivity contribution in [2.24, 2.45) is 5.41 Å². The third-order valence-corrected chi connectivity index (χ3v) is 3.96. The molecule has 0 radical (unpaired) electrons. The van der Waals surface area contributed by atoms with Gasteiger partial charge in [-0.25, -0.2) is 0 Å². The molecule has 0 saturated carbocycles. The van der Waals surface area contributed by atoms with E-state index in [1.807, 2.05) is 7.05 Å². The summed E-state index contributed by atoms with van der Waals surface area (Å²) in [6.07, 6.45) is 3.37. The van der Waals surface area contributed by atoms with E-state index in [4.69, 9.17) is 9.47 Å². The van der Waals surface area contributed by atoms with Crippen LogP contribution in [-0.4, -0.2) is 33.9 Å². The van der Waals surface area contributed by atoms with Gasteiger partial charge in [0.25, 0.3) is 0 Å². The first-order valence-electron chi connectivity index (χ1n) is 7.05. The van der Waals surface area contributed by atoms with Gasteiger partial charge in [-0.1, -0.05) is 17.7 Å². The normalized spacial score (nSPS) is 23.3. The molecule has 0 amide bonds. The predicted octanol–water partition coefficient (Wildman–Crippen LogP) is 2.56. The molecule has 2 rings (SSSR count). The largest absolute Gasteiger partial charge is 0.496 e. The van der Waals surface area contributed by atoms with E-state index in [9.17, 15) is 0 Å². The van der Waals surface area contributed by atoms with Crippen molar-refractivity contribution in [1.29, 1.82) is 0 Å². The summed E-state index contributed by atoms with van der Waals surface area (Å²) in [6, 6.07) is 6.41. The van der Waals surface area contributed by atoms with Gasteiger partial charge in [-0.3, -0.25) is 0 Å². The van der Waals surface area contributed by atoms with Crippen LogP contribution in [0.5, 0.6) is 5.75 Å². The minimum atomic E-state index is 0.202. The fourth-order valence-corrected chi connectivity index (χ4v) is 3.08. The van der Waals surface area contributed by atoms with Crippen LogP contribution in [0.2, 0.25) is 0 Å². The number of aryl methyl sites for hydroxylation is 1. The first-order chi connectivity index (χ1) is 9.19. The van der Waals surface area contributed by atoms with Gasteiger partial charge < -0.3 is 14.8 Å². The molecule has 19 heavy (non-hydrogen) atoms. The average molecular weight is 263 g/mol. The first-order valence-corrected chi connectivity index (χ1v) is 7.05. The zero-order chi connectivity index (χ0) is 13.7. The van der Waals surface area contributed by atoms with E-state index in [1.54, 1.807) is 7.11 Å². The molecule has 0 aromatic heterocycles. The van der Waals surface area contributed by atoms with Crippen molar-refractivity contribution in [1.82, 2.24) is 5.32 Å². The van der Waals surface area contributed by atoms with E-state index in [-0.39, 0.29) is 5.41 Å². The lowest BCUT2D eigenvalue weighted by molar-refractivity contribution is -0.00648. The molecule has 1 unspecified atom stereocenters. The van der Waals surface area contributed by atoms with Gasteiger partial charge in [0.1, 0.15) is 5.75 Å². The Morgan fingerprint density at radius 3 is 2.89 bits per heavy atom. The van der Waals surface area contributed by atoms with Gasteiger partial charge in [0.05, 0.1) is 13.7 Å². The van der Waals surface area contributed by atoms with Gasteiger partial charge in [-0.05, 0) is 44.9 Å². The van der Waals surface area contributed by atoms with Crippen LogP contribution in [0.4, 0.5) is 0 Å². The van der Waals surface area contributed by atoms with Crippen LogP contribution in [0.1, 0.15) is 24.0 Å². The van der Waals surface area contributed by atoms with Crippen LogP contribution in [0.3, 0.4) is 0 Å². The van der Waals surface area contributed by atoms with Gasteiger partial charge in [0.15, 0.2) is 0 Å². The van der Waals surface area contributed by atoms with Crippen LogP contribution in [-0.2, 0) is 11.2 Å². The second-order valence-electron chi connectivity index (χ2n) is 5.68. The molecule has 0 bridgehead atoms. The molecule has 1 saturated heterocycles. The molecule has 1 aliphatic rings. The van der Waals surface area contributed by atoms with E-state index in [0.29, 0.717) is 0 Å². The van der Waals surface area contributed by atoms with Crippen molar-refractivity contribution < 1.29 is 9.47 Å². The lowest BCUT2D eigenvalue weighted by atomic mass is 9.77. The smallest absolute Gasteiger partial charge is 0.122 e. The quantitative estimate of drug-likeness (QED) is 0.885. The Morgan fingerprint density at radius 1 is 1.42 bits per heavy atom. The molecular formula is C16H25NO2. The summed E-state index contributed by atoms with van der Waals surface area (Å²) in [6.45, 7) is 4.86. The van der Waals surface area contributed by atoms with Crippen molar-refractivity contribution in [3.05, 3.63) is 29.3 Å². The number of benzene rings is 1. The zero-order valence-electron chi connectivity index (χ0n) is 12.3. The Bertz CT molecular complexity index is 406. The number of rotatable bonds is 5. The van der Waals surface area contributed by atoms with Crippen molar-refractivity contribution in [3.63, 3.8) is 0 Å². The highest BCUT2D eigenvalue weighted by Crippen LogP contribution is 2.35. The molecule has 1 aromatic carbocycles. The number of hydrogen-bond donors (Lipinski definition) is 1. The summed E-state index contributed by atoms with van der Waals surface area (Å²) in [4.78, 5) is 0. The summed E-state index contributed by atoms with van der Waals surface area (Å²) in [7, 11) is 3.76. The highest BCUT2D eigenvalue weighted by atomic mass is 16.5.